The fraction of sp³-hybridized carbons (Fsp3) is 0.360. The third-order valence-corrected chi connectivity index (χ3v) is 6.07. The molecule has 0 aromatic heterocycles. The number of amides is 4. The van der Waals surface area contributed by atoms with Gasteiger partial charge in [-0.1, -0.05) is 37.1 Å². The second-order valence-corrected chi connectivity index (χ2v) is 8.81. The van der Waals surface area contributed by atoms with Gasteiger partial charge in [0.2, 0.25) is 0 Å². The smallest absolute Gasteiger partial charge is 0.340 e. The van der Waals surface area contributed by atoms with Crippen molar-refractivity contribution in [2.24, 2.45) is 0 Å². The van der Waals surface area contributed by atoms with E-state index < -0.39 is 30.1 Å². The molecule has 1 spiro atoms. The standard InChI is InChI=1S/C25H28N4O5/c1-16(2)26-24(33)28-18-10-4-3-9-17(18)22(31)34-15-21(30)29-20-12-6-5-11-19(20)27-23(32)25(29)13-7-8-14-25/h3-6,9-12,16H,7-8,13-15H2,1-2H3,(H,27,32)(H2,26,28,33). The maximum atomic E-state index is 13.4. The number of nitrogens with one attached hydrogen (secondary N) is 3. The Morgan fingerprint density at radius 1 is 1.06 bits per heavy atom. The molecule has 1 saturated carbocycles. The number of esters is 1. The average Bonchev–Trinajstić information content (AvgIpc) is 3.28. The highest BCUT2D eigenvalue weighted by Gasteiger charge is 2.52. The van der Waals surface area contributed by atoms with Crippen LogP contribution in [-0.2, 0) is 14.3 Å². The summed E-state index contributed by atoms with van der Waals surface area (Å²) in [6.07, 6.45) is 2.75. The molecular weight excluding hydrogens is 436 g/mol. The minimum atomic E-state index is -0.980. The number of para-hydroxylation sites is 3. The van der Waals surface area contributed by atoms with Crippen molar-refractivity contribution in [1.29, 1.82) is 0 Å². The van der Waals surface area contributed by atoms with E-state index in [1.807, 2.05) is 13.8 Å². The highest BCUT2D eigenvalue weighted by Crippen LogP contribution is 2.45. The molecule has 4 rings (SSSR count). The lowest BCUT2D eigenvalue weighted by Gasteiger charge is -2.44. The van der Waals surface area contributed by atoms with Gasteiger partial charge in [0.05, 0.1) is 22.6 Å². The minimum absolute atomic E-state index is 0.0794. The number of hydrogen-bond acceptors (Lipinski definition) is 5. The fourth-order valence-corrected chi connectivity index (χ4v) is 4.59. The summed E-state index contributed by atoms with van der Waals surface area (Å²) in [5.74, 6) is -1.43. The van der Waals surface area contributed by atoms with Crippen molar-refractivity contribution in [3.05, 3.63) is 54.1 Å². The monoisotopic (exact) mass is 464 g/mol. The van der Waals surface area contributed by atoms with E-state index in [2.05, 4.69) is 16.0 Å². The van der Waals surface area contributed by atoms with Gasteiger partial charge in [-0.05, 0) is 51.0 Å². The SMILES string of the molecule is CC(C)NC(=O)Nc1ccccc1C(=O)OCC(=O)N1c2ccccc2NC(=O)C12CCCC2. The van der Waals surface area contributed by atoms with Gasteiger partial charge >= 0.3 is 12.0 Å². The first-order valence-electron chi connectivity index (χ1n) is 11.4. The maximum absolute atomic E-state index is 13.4. The molecular formula is C25H28N4O5. The molecule has 1 aliphatic heterocycles. The summed E-state index contributed by atoms with van der Waals surface area (Å²) in [5.41, 5.74) is 0.564. The summed E-state index contributed by atoms with van der Waals surface area (Å²) < 4.78 is 5.37. The van der Waals surface area contributed by atoms with Gasteiger partial charge in [0, 0.05) is 6.04 Å². The van der Waals surface area contributed by atoms with Gasteiger partial charge in [0.15, 0.2) is 6.61 Å². The van der Waals surface area contributed by atoms with Crippen molar-refractivity contribution in [3.63, 3.8) is 0 Å². The number of benzene rings is 2. The van der Waals surface area contributed by atoms with E-state index in [1.54, 1.807) is 42.5 Å². The van der Waals surface area contributed by atoms with Crippen molar-refractivity contribution in [1.82, 2.24) is 5.32 Å². The molecule has 9 nitrogen and oxygen atoms in total. The molecule has 0 saturated heterocycles. The molecule has 3 N–H and O–H groups in total. The fourth-order valence-electron chi connectivity index (χ4n) is 4.59. The number of nitrogens with zero attached hydrogens (tertiary/aromatic N) is 1. The topological polar surface area (TPSA) is 117 Å². The Labute approximate surface area is 197 Å². The second kappa shape index (κ2) is 9.54. The van der Waals surface area contributed by atoms with E-state index >= 15 is 0 Å². The molecule has 9 heteroatoms. The molecule has 1 fully saturated rings. The van der Waals surface area contributed by atoms with Crippen LogP contribution in [0.3, 0.4) is 0 Å². The van der Waals surface area contributed by atoms with Crippen LogP contribution in [0, 0.1) is 0 Å². The molecule has 0 unspecified atom stereocenters. The Morgan fingerprint density at radius 2 is 1.74 bits per heavy atom. The normalized spacial score (nSPS) is 16.1. The third-order valence-electron chi connectivity index (χ3n) is 6.07. The van der Waals surface area contributed by atoms with Crippen molar-refractivity contribution < 1.29 is 23.9 Å². The molecule has 2 aromatic carbocycles. The van der Waals surface area contributed by atoms with Gasteiger partial charge in [0.25, 0.3) is 11.8 Å². The summed E-state index contributed by atoms with van der Waals surface area (Å²) >= 11 is 0. The Kier molecular flexibility index (Phi) is 6.54. The number of carbonyl (C=O) groups excluding carboxylic acids is 4. The van der Waals surface area contributed by atoms with Crippen LogP contribution >= 0.6 is 0 Å². The van der Waals surface area contributed by atoms with Crippen LogP contribution in [0.4, 0.5) is 21.9 Å². The Hall–Kier alpha value is -3.88. The largest absolute Gasteiger partial charge is 0.452 e. The number of anilines is 3. The van der Waals surface area contributed by atoms with E-state index in [1.165, 1.54) is 11.0 Å². The zero-order chi connectivity index (χ0) is 24.3. The third kappa shape index (κ3) is 4.46. The van der Waals surface area contributed by atoms with E-state index in [-0.39, 0.29) is 23.2 Å². The molecule has 2 aliphatic rings. The van der Waals surface area contributed by atoms with Gasteiger partial charge in [-0.15, -0.1) is 0 Å². The molecule has 1 heterocycles. The van der Waals surface area contributed by atoms with Crippen LogP contribution in [0.1, 0.15) is 49.9 Å². The zero-order valence-electron chi connectivity index (χ0n) is 19.2. The lowest BCUT2D eigenvalue weighted by molar-refractivity contribution is -0.129. The number of carbonyl (C=O) groups is 4. The molecule has 34 heavy (non-hydrogen) atoms. The highest BCUT2D eigenvalue weighted by atomic mass is 16.5. The summed E-state index contributed by atoms with van der Waals surface area (Å²) in [7, 11) is 0. The Bertz CT molecular complexity index is 1120. The molecule has 0 atom stereocenters. The molecule has 4 amide bonds. The number of urea groups is 1. The van der Waals surface area contributed by atoms with Crippen LogP contribution < -0.4 is 20.9 Å². The highest BCUT2D eigenvalue weighted by molar-refractivity contribution is 6.15. The summed E-state index contributed by atoms with van der Waals surface area (Å²) in [6.45, 7) is 3.11. The lowest BCUT2D eigenvalue weighted by Crippen LogP contribution is -2.61. The van der Waals surface area contributed by atoms with Gasteiger partial charge in [-0.25, -0.2) is 9.59 Å². The first-order valence-corrected chi connectivity index (χ1v) is 11.4. The molecule has 178 valence electrons. The molecule has 2 aromatic rings. The van der Waals surface area contributed by atoms with Crippen LogP contribution in [0.2, 0.25) is 0 Å². The van der Waals surface area contributed by atoms with Gasteiger partial charge in [-0.2, -0.15) is 0 Å². The van der Waals surface area contributed by atoms with E-state index in [4.69, 9.17) is 4.74 Å². The quantitative estimate of drug-likeness (QED) is 0.584. The van der Waals surface area contributed by atoms with Crippen molar-refractivity contribution in [2.75, 3.05) is 22.1 Å². The first kappa shape index (κ1) is 23.3. The summed E-state index contributed by atoms with van der Waals surface area (Å²) in [5, 5.41) is 8.24. The second-order valence-electron chi connectivity index (χ2n) is 8.81. The average molecular weight is 465 g/mol. The number of rotatable bonds is 5. The van der Waals surface area contributed by atoms with Crippen LogP contribution in [-0.4, -0.2) is 42.0 Å². The van der Waals surface area contributed by atoms with Gasteiger partial charge < -0.3 is 20.7 Å². The predicted molar refractivity (Wildman–Crippen MR) is 128 cm³/mol. The number of ether oxygens (including phenoxy) is 1. The van der Waals surface area contributed by atoms with E-state index in [9.17, 15) is 19.2 Å². The minimum Gasteiger partial charge on any atom is -0.452 e. The lowest BCUT2D eigenvalue weighted by atomic mass is 9.90. The summed E-state index contributed by atoms with van der Waals surface area (Å²) in [6, 6.07) is 13.0. The van der Waals surface area contributed by atoms with Crippen LogP contribution in [0.25, 0.3) is 0 Å². The molecule has 1 aliphatic carbocycles. The first-order chi connectivity index (χ1) is 16.3. The van der Waals surface area contributed by atoms with Gasteiger partial charge in [0.1, 0.15) is 5.54 Å². The molecule has 0 radical (unpaired) electrons. The molecule has 0 bridgehead atoms. The van der Waals surface area contributed by atoms with Gasteiger partial charge in [-0.3, -0.25) is 14.5 Å². The Balaban J connectivity index is 1.52. The predicted octanol–water partition coefficient (Wildman–Crippen LogP) is 3.67. The zero-order valence-corrected chi connectivity index (χ0v) is 19.2. The van der Waals surface area contributed by atoms with E-state index in [0.717, 1.165) is 12.8 Å². The Morgan fingerprint density at radius 3 is 2.47 bits per heavy atom. The summed E-state index contributed by atoms with van der Waals surface area (Å²) in [4.78, 5) is 52.8. The number of hydrogen-bond donors (Lipinski definition) is 3. The van der Waals surface area contributed by atoms with E-state index in [0.29, 0.717) is 24.2 Å². The van der Waals surface area contributed by atoms with Crippen LogP contribution in [0.5, 0.6) is 0 Å². The number of fused-ring (bicyclic) bond motifs is 1. The van der Waals surface area contributed by atoms with Crippen molar-refractivity contribution in [3.8, 4) is 0 Å². The van der Waals surface area contributed by atoms with Crippen molar-refractivity contribution in [2.45, 2.75) is 51.1 Å². The maximum Gasteiger partial charge on any atom is 0.340 e. The van der Waals surface area contributed by atoms with Crippen LogP contribution in [0.15, 0.2) is 48.5 Å². The van der Waals surface area contributed by atoms with Crippen molar-refractivity contribution >= 4 is 40.9 Å².